The molecule has 0 rings (SSSR count). The van der Waals surface area contributed by atoms with Crippen LogP contribution in [0.1, 0.15) is 34.6 Å². The molecule has 0 spiro atoms. The number of nitrogens with one attached hydrogen (secondary N) is 2. The summed E-state index contributed by atoms with van der Waals surface area (Å²) in [6.45, 7) is 10.2. The lowest BCUT2D eigenvalue weighted by molar-refractivity contribution is -0.138. The fourth-order valence-corrected chi connectivity index (χ4v) is 0.822. The number of carboxylic acids is 1. The van der Waals surface area contributed by atoms with Gasteiger partial charge in [0.15, 0.2) is 0 Å². The number of urea groups is 1. The maximum Gasteiger partial charge on any atom is 0.325 e. The molecule has 0 saturated heterocycles. The van der Waals surface area contributed by atoms with E-state index >= 15 is 0 Å². The van der Waals surface area contributed by atoms with Gasteiger partial charge in [-0.15, -0.1) is 0 Å². The third-order valence-electron chi connectivity index (χ3n) is 2.99. The number of hydrogen-bond acceptors (Lipinski definition) is 2. The molecule has 5 heteroatoms. The smallest absolute Gasteiger partial charge is 0.325 e. The van der Waals surface area contributed by atoms with Gasteiger partial charge < -0.3 is 15.7 Å². The van der Waals surface area contributed by atoms with E-state index in [0.717, 1.165) is 0 Å². The van der Waals surface area contributed by atoms with Crippen LogP contribution in [0.3, 0.4) is 0 Å². The van der Waals surface area contributed by atoms with Crippen LogP contribution in [0.5, 0.6) is 0 Å². The first-order valence-corrected chi connectivity index (χ1v) is 5.44. The van der Waals surface area contributed by atoms with Gasteiger partial charge in [0.1, 0.15) is 6.04 Å². The number of carbonyl (C=O) groups excluding carboxylic acids is 1. The van der Waals surface area contributed by atoms with Gasteiger partial charge in [-0.3, -0.25) is 4.79 Å². The van der Waals surface area contributed by atoms with E-state index in [4.69, 9.17) is 5.11 Å². The highest BCUT2D eigenvalue weighted by Gasteiger charge is 2.23. The van der Waals surface area contributed by atoms with E-state index in [-0.39, 0.29) is 5.41 Å². The number of carbonyl (C=O) groups is 2. The third kappa shape index (κ3) is 5.00. The minimum atomic E-state index is -1.04. The molecule has 0 aromatic carbocycles. The number of rotatable bonds is 5. The van der Waals surface area contributed by atoms with E-state index in [0.29, 0.717) is 12.5 Å². The molecule has 3 N–H and O–H groups in total. The van der Waals surface area contributed by atoms with Crippen LogP contribution in [-0.4, -0.2) is 29.7 Å². The highest BCUT2D eigenvalue weighted by Crippen LogP contribution is 2.24. The van der Waals surface area contributed by atoms with Crippen LogP contribution >= 0.6 is 0 Å². The molecular formula is C11H22N2O3. The van der Waals surface area contributed by atoms with E-state index < -0.39 is 18.0 Å². The quantitative estimate of drug-likeness (QED) is 0.668. The van der Waals surface area contributed by atoms with Crippen LogP contribution in [0, 0.1) is 11.3 Å². The zero-order chi connectivity index (χ0) is 12.9. The van der Waals surface area contributed by atoms with Gasteiger partial charge in [0.25, 0.3) is 0 Å². The van der Waals surface area contributed by atoms with E-state index in [9.17, 15) is 9.59 Å². The number of carboxylic acid groups (broad SMARTS) is 1. The summed E-state index contributed by atoms with van der Waals surface area (Å²) in [7, 11) is 0. The fourth-order valence-electron chi connectivity index (χ4n) is 0.822. The molecule has 5 nitrogen and oxygen atoms in total. The number of amides is 2. The van der Waals surface area contributed by atoms with Crippen LogP contribution in [0.15, 0.2) is 0 Å². The molecule has 0 radical (unpaired) electrons. The first kappa shape index (κ1) is 14.7. The van der Waals surface area contributed by atoms with Crippen LogP contribution in [0.4, 0.5) is 4.79 Å². The normalized spacial score (nSPS) is 13.4. The molecule has 1 atom stereocenters. The molecule has 0 aromatic heterocycles. The summed E-state index contributed by atoms with van der Waals surface area (Å²) < 4.78 is 0. The van der Waals surface area contributed by atoms with Gasteiger partial charge in [0.05, 0.1) is 0 Å². The maximum atomic E-state index is 11.3. The fraction of sp³-hybridized carbons (Fsp3) is 0.818. The summed E-state index contributed by atoms with van der Waals surface area (Å²) in [5.74, 6) is -0.608. The lowest BCUT2D eigenvalue weighted by Gasteiger charge is -2.29. The minimum absolute atomic E-state index is 0.0101. The topological polar surface area (TPSA) is 78.4 Å². The average Bonchev–Trinajstić information content (AvgIpc) is 2.14. The summed E-state index contributed by atoms with van der Waals surface area (Å²) in [6.07, 6.45) is 0. The SMILES string of the molecule is CC(C)C(C)(C)CNC(=O)N[C@@H](C)C(=O)O. The van der Waals surface area contributed by atoms with Gasteiger partial charge in [0.2, 0.25) is 0 Å². The van der Waals surface area contributed by atoms with Gasteiger partial charge in [0, 0.05) is 6.54 Å². The Labute approximate surface area is 96.6 Å². The summed E-state index contributed by atoms with van der Waals surface area (Å²) in [4.78, 5) is 21.8. The number of aliphatic carboxylic acids is 1. The molecule has 0 saturated carbocycles. The zero-order valence-electron chi connectivity index (χ0n) is 10.6. The lowest BCUT2D eigenvalue weighted by Crippen LogP contribution is -2.47. The molecule has 0 unspecified atom stereocenters. The summed E-state index contributed by atoms with van der Waals surface area (Å²) in [5, 5.41) is 13.6. The van der Waals surface area contributed by atoms with E-state index in [1.165, 1.54) is 6.92 Å². The second-order valence-electron chi connectivity index (χ2n) is 5.03. The highest BCUT2D eigenvalue weighted by atomic mass is 16.4. The van der Waals surface area contributed by atoms with Crippen LogP contribution in [-0.2, 0) is 4.79 Å². The Morgan fingerprint density at radius 1 is 1.25 bits per heavy atom. The predicted molar refractivity (Wildman–Crippen MR) is 62.3 cm³/mol. The standard InChI is InChI=1S/C11H22N2O3/c1-7(2)11(4,5)6-12-10(16)13-8(3)9(14)15/h7-8H,6H2,1-5H3,(H,14,15)(H2,12,13,16)/t8-/m0/s1. The van der Waals surface area contributed by atoms with Gasteiger partial charge in [-0.05, 0) is 18.3 Å². The van der Waals surface area contributed by atoms with E-state index in [2.05, 4.69) is 38.3 Å². The second-order valence-corrected chi connectivity index (χ2v) is 5.03. The monoisotopic (exact) mass is 230 g/mol. The Balaban J connectivity index is 4.04. The summed E-state index contributed by atoms with van der Waals surface area (Å²) in [6, 6.07) is -1.31. The second kappa shape index (κ2) is 5.72. The Morgan fingerprint density at radius 3 is 2.12 bits per heavy atom. The van der Waals surface area contributed by atoms with Crippen molar-refractivity contribution in [3.05, 3.63) is 0 Å². The lowest BCUT2D eigenvalue weighted by atomic mass is 9.81. The van der Waals surface area contributed by atoms with Crippen LogP contribution < -0.4 is 10.6 Å². The highest BCUT2D eigenvalue weighted by molar-refractivity contribution is 5.82. The Hall–Kier alpha value is -1.26. The molecule has 0 bridgehead atoms. The van der Waals surface area contributed by atoms with Gasteiger partial charge in [-0.2, -0.15) is 0 Å². The van der Waals surface area contributed by atoms with Crippen LogP contribution in [0.2, 0.25) is 0 Å². The Kier molecular flexibility index (Phi) is 5.27. The van der Waals surface area contributed by atoms with Crippen molar-refractivity contribution in [1.82, 2.24) is 10.6 Å². The maximum absolute atomic E-state index is 11.3. The van der Waals surface area contributed by atoms with E-state index in [1.54, 1.807) is 0 Å². The van der Waals surface area contributed by atoms with Crippen molar-refractivity contribution in [3.8, 4) is 0 Å². The molecule has 94 valence electrons. The Bertz CT molecular complexity index is 262. The molecule has 16 heavy (non-hydrogen) atoms. The largest absolute Gasteiger partial charge is 0.480 e. The molecule has 0 aromatic rings. The average molecular weight is 230 g/mol. The molecule has 0 fully saturated rings. The van der Waals surface area contributed by atoms with Gasteiger partial charge in [-0.1, -0.05) is 27.7 Å². The van der Waals surface area contributed by atoms with Crippen LogP contribution in [0.25, 0.3) is 0 Å². The molecule has 0 aliphatic carbocycles. The third-order valence-corrected chi connectivity index (χ3v) is 2.99. The molecule has 0 aliphatic heterocycles. The number of hydrogen-bond donors (Lipinski definition) is 3. The molecular weight excluding hydrogens is 208 g/mol. The predicted octanol–water partition coefficient (Wildman–Crippen LogP) is 1.44. The summed E-state index contributed by atoms with van der Waals surface area (Å²) >= 11 is 0. The molecule has 2 amide bonds. The van der Waals surface area contributed by atoms with Crippen molar-refractivity contribution >= 4 is 12.0 Å². The first-order chi connectivity index (χ1) is 7.16. The van der Waals surface area contributed by atoms with Crippen molar-refractivity contribution in [2.45, 2.75) is 40.7 Å². The molecule has 0 heterocycles. The van der Waals surface area contributed by atoms with Crippen molar-refractivity contribution in [2.24, 2.45) is 11.3 Å². The molecule has 0 aliphatic rings. The Morgan fingerprint density at radius 2 is 1.75 bits per heavy atom. The summed E-state index contributed by atoms with van der Waals surface area (Å²) in [5.41, 5.74) is -0.0101. The first-order valence-electron chi connectivity index (χ1n) is 5.44. The van der Waals surface area contributed by atoms with Gasteiger partial charge in [-0.25, -0.2) is 4.79 Å². The van der Waals surface area contributed by atoms with E-state index in [1.807, 2.05) is 0 Å². The zero-order valence-corrected chi connectivity index (χ0v) is 10.6. The van der Waals surface area contributed by atoms with Gasteiger partial charge >= 0.3 is 12.0 Å². The van der Waals surface area contributed by atoms with Crippen molar-refractivity contribution < 1.29 is 14.7 Å². The van der Waals surface area contributed by atoms with Crippen molar-refractivity contribution in [3.63, 3.8) is 0 Å². The van der Waals surface area contributed by atoms with Crippen molar-refractivity contribution in [2.75, 3.05) is 6.54 Å². The van der Waals surface area contributed by atoms with Crippen molar-refractivity contribution in [1.29, 1.82) is 0 Å². The minimum Gasteiger partial charge on any atom is -0.480 e.